The molecule has 1 aromatic heterocycles. The molecule has 0 saturated carbocycles. The lowest BCUT2D eigenvalue weighted by atomic mass is 9.87. The van der Waals surface area contributed by atoms with E-state index >= 15 is 0 Å². The molecule has 5 rings (SSSR count). The topological polar surface area (TPSA) is 8.17 Å². The Labute approximate surface area is 217 Å². The Morgan fingerprint density at radius 3 is 1.74 bits per heavy atom. The first-order valence-corrected chi connectivity index (χ1v) is 13.0. The van der Waals surface area contributed by atoms with E-state index in [1.807, 2.05) is 0 Å². The first-order valence-electron chi connectivity index (χ1n) is 12.2. The van der Waals surface area contributed by atoms with Crippen molar-refractivity contribution in [2.75, 3.05) is 4.90 Å². The highest BCUT2D eigenvalue weighted by Gasteiger charge is 2.22. The van der Waals surface area contributed by atoms with E-state index in [1.165, 1.54) is 27.4 Å². The third kappa shape index (κ3) is 4.38. The number of anilines is 3. The Morgan fingerprint density at radius 2 is 1.14 bits per heavy atom. The molecule has 0 aliphatic rings. The largest absolute Gasteiger partial charge is 0.335 e. The van der Waals surface area contributed by atoms with E-state index < -0.39 is 0 Å². The van der Waals surface area contributed by atoms with Crippen LogP contribution in [-0.2, 0) is 11.0 Å². The summed E-state index contributed by atoms with van der Waals surface area (Å²) in [5, 5.41) is 2.57. The van der Waals surface area contributed by atoms with Gasteiger partial charge in [-0.2, -0.15) is 0 Å². The molecule has 1 heterocycles. The van der Waals surface area contributed by atoms with E-state index in [0.717, 1.165) is 21.5 Å². The summed E-state index contributed by atoms with van der Waals surface area (Å²) in [7, 11) is 0. The van der Waals surface area contributed by atoms with Crippen molar-refractivity contribution in [1.82, 2.24) is 4.57 Å². The fraction of sp³-hybridized carbons (Fsp3) is 0.250. The quantitative estimate of drug-likeness (QED) is 0.228. The normalized spacial score (nSPS) is 12.4. The molecule has 0 unspecified atom stereocenters. The molecular formula is C32H33BrN2. The number of rotatable bonds is 3. The molecule has 0 N–H and O–H groups in total. The van der Waals surface area contributed by atoms with Crippen LogP contribution in [0.15, 0.2) is 95.5 Å². The lowest BCUT2D eigenvalue weighted by Crippen LogP contribution is -2.21. The summed E-state index contributed by atoms with van der Waals surface area (Å²) in [6.45, 7) is 13.6. The van der Waals surface area contributed by atoms with E-state index in [2.05, 4.69) is 158 Å². The maximum atomic E-state index is 3.60. The molecule has 0 fully saturated rings. The van der Waals surface area contributed by atoms with Crippen LogP contribution in [0, 0.1) is 0 Å². The van der Waals surface area contributed by atoms with Crippen LogP contribution >= 0.6 is 15.9 Å². The van der Waals surface area contributed by atoms with Crippen LogP contribution in [0.2, 0.25) is 0 Å². The second kappa shape index (κ2) is 8.57. The molecule has 0 saturated heterocycles. The zero-order chi connectivity index (χ0) is 25.0. The van der Waals surface area contributed by atoms with E-state index in [4.69, 9.17) is 0 Å². The van der Waals surface area contributed by atoms with Gasteiger partial charge in [-0.25, -0.2) is 0 Å². The minimum atomic E-state index is -0.0168. The van der Waals surface area contributed by atoms with Gasteiger partial charge in [0.15, 0.2) is 0 Å². The van der Waals surface area contributed by atoms with Crippen LogP contribution in [0.3, 0.4) is 0 Å². The second-order valence-corrected chi connectivity index (χ2v) is 12.2. The first kappa shape index (κ1) is 23.7. The van der Waals surface area contributed by atoms with Crippen molar-refractivity contribution < 1.29 is 0 Å². The summed E-state index contributed by atoms with van der Waals surface area (Å²) in [6.07, 6.45) is 0. The zero-order valence-electron chi connectivity index (χ0n) is 21.4. The first-order chi connectivity index (χ1) is 16.5. The molecule has 0 radical (unpaired) electrons. The molecule has 0 spiro atoms. The van der Waals surface area contributed by atoms with E-state index in [9.17, 15) is 0 Å². The van der Waals surface area contributed by atoms with Crippen LogP contribution in [0.1, 0.15) is 47.1 Å². The Bertz CT molecular complexity index is 1490. The number of para-hydroxylation sites is 1. The number of benzene rings is 4. The minimum Gasteiger partial charge on any atom is -0.335 e. The average molecular weight is 526 g/mol. The van der Waals surface area contributed by atoms with E-state index in [-0.39, 0.29) is 11.0 Å². The molecule has 178 valence electrons. The van der Waals surface area contributed by atoms with E-state index in [1.54, 1.807) is 0 Å². The number of aromatic nitrogens is 1. The summed E-state index contributed by atoms with van der Waals surface area (Å²) in [4.78, 5) is 2.35. The van der Waals surface area contributed by atoms with Crippen molar-refractivity contribution in [1.29, 1.82) is 0 Å². The summed E-state index contributed by atoms with van der Waals surface area (Å²) in [5.41, 5.74) is 7.42. The molecule has 2 nitrogen and oxygen atoms in total. The predicted octanol–water partition coefficient (Wildman–Crippen LogP) is 10.1. The molecule has 0 aliphatic heterocycles. The maximum absolute atomic E-state index is 3.60. The molecule has 0 bridgehead atoms. The van der Waals surface area contributed by atoms with Crippen molar-refractivity contribution in [3.05, 3.63) is 101 Å². The number of fused-ring (bicyclic) bond motifs is 3. The Balaban J connectivity index is 1.74. The summed E-state index contributed by atoms with van der Waals surface area (Å²) in [5.74, 6) is 0. The SMILES string of the molecule is CC(C)(C)c1ccc(N(c2ccc(Br)cc2)c2ccc3c(c2)c2ccccc2n3C(C)(C)C)cc1. The van der Waals surface area contributed by atoms with Crippen molar-refractivity contribution >= 4 is 54.8 Å². The molecule has 0 amide bonds. The van der Waals surface area contributed by atoms with Gasteiger partial charge < -0.3 is 9.47 Å². The van der Waals surface area contributed by atoms with Gasteiger partial charge in [-0.3, -0.25) is 0 Å². The fourth-order valence-corrected chi connectivity index (χ4v) is 5.23. The van der Waals surface area contributed by atoms with Crippen LogP contribution in [0.25, 0.3) is 21.8 Å². The minimum absolute atomic E-state index is 0.0168. The van der Waals surface area contributed by atoms with Crippen molar-refractivity contribution in [2.45, 2.75) is 52.5 Å². The van der Waals surface area contributed by atoms with Crippen LogP contribution in [-0.4, -0.2) is 4.57 Å². The predicted molar refractivity (Wildman–Crippen MR) is 156 cm³/mol. The highest BCUT2D eigenvalue weighted by molar-refractivity contribution is 9.10. The Hall–Kier alpha value is -3.04. The lowest BCUT2D eigenvalue weighted by Gasteiger charge is -2.27. The van der Waals surface area contributed by atoms with Crippen LogP contribution in [0.5, 0.6) is 0 Å². The average Bonchev–Trinajstić information content (AvgIpc) is 3.15. The number of nitrogens with zero attached hydrogens (tertiary/aromatic N) is 2. The Morgan fingerprint density at radius 1 is 0.600 bits per heavy atom. The third-order valence-electron chi connectivity index (χ3n) is 6.66. The van der Waals surface area contributed by atoms with Gasteiger partial charge in [-0.05, 0) is 92.4 Å². The van der Waals surface area contributed by atoms with Gasteiger partial charge in [0.25, 0.3) is 0 Å². The summed E-state index contributed by atoms with van der Waals surface area (Å²) in [6, 6.07) is 33.2. The molecular weight excluding hydrogens is 492 g/mol. The third-order valence-corrected chi connectivity index (χ3v) is 7.19. The van der Waals surface area contributed by atoms with Crippen LogP contribution in [0.4, 0.5) is 17.1 Å². The highest BCUT2D eigenvalue weighted by Crippen LogP contribution is 2.41. The molecule has 0 atom stereocenters. The van der Waals surface area contributed by atoms with Crippen molar-refractivity contribution in [3.63, 3.8) is 0 Å². The number of hydrogen-bond acceptors (Lipinski definition) is 1. The van der Waals surface area contributed by atoms with Gasteiger partial charge in [0, 0.05) is 48.9 Å². The molecule has 35 heavy (non-hydrogen) atoms. The van der Waals surface area contributed by atoms with Crippen molar-refractivity contribution in [2.24, 2.45) is 0 Å². The Kier molecular flexibility index (Phi) is 5.80. The van der Waals surface area contributed by atoms with Gasteiger partial charge in [-0.1, -0.05) is 67.0 Å². The van der Waals surface area contributed by atoms with Crippen LogP contribution < -0.4 is 4.90 Å². The summed E-state index contributed by atoms with van der Waals surface area (Å²) >= 11 is 3.60. The number of hydrogen-bond donors (Lipinski definition) is 0. The molecule has 0 aliphatic carbocycles. The van der Waals surface area contributed by atoms with Gasteiger partial charge in [-0.15, -0.1) is 0 Å². The second-order valence-electron chi connectivity index (χ2n) is 11.3. The monoisotopic (exact) mass is 524 g/mol. The van der Waals surface area contributed by atoms with Gasteiger partial charge in [0.2, 0.25) is 0 Å². The van der Waals surface area contributed by atoms with E-state index in [0.29, 0.717) is 0 Å². The zero-order valence-corrected chi connectivity index (χ0v) is 23.0. The lowest BCUT2D eigenvalue weighted by molar-refractivity contribution is 0.423. The fourth-order valence-electron chi connectivity index (χ4n) is 4.97. The molecule has 5 aromatic rings. The van der Waals surface area contributed by atoms with Gasteiger partial charge in [0.05, 0.1) is 0 Å². The highest BCUT2D eigenvalue weighted by atomic mass is 79.9. The standard InChI is InChI=1S/C32H33BrN2/c1-31(2,3)22-11-15-24(16-12-22)34(25-17-13-23(33)14-18-25)26-19-20-30-28(21-26)27-9-7-8-10-29(27)35(30)32(4,5)6/h7-21H,1-6H3. The van der Waals surface area contributed by atoms with Gasteiger partial charge >= 0.3 is 0 Å². The smallest absolute Gasteiger partial charge is 0.0497 e. The van der Waals surface area contributed by atoms with Gasteiger partial charge in [0.1, 0.15) is 0 Å². The number of halogens is 1. The maximum Gasteiger partial charge on any atom is 0.0497 e. The molecule has 4 aromatic carbocycles. The summed E-state index contributed by atoms with van der Waals surface area (Å²) < 4.78 is 3.54. The van der Waals surface area contributed by atoms with Crippen molar-refractivity contribution in [3.8, 4) is 0 Å². The molecule has 3 heteroatoms.